The van der Waals surface area contributed by atoms with E-state index in [1.165, 1.54) is 6.33 Å². The van der Waals surface area contributed by atoms with Crippen molar-refractivity contribution in [1.29, 1.82) is 5.26 Å². The summed E-state index contributed by atoms with van der Waals surface area (Å²) in [4.78, 5) is 3.77. The first-order valence-electron chi connectivity index (χ1n) is 4.13. The molecule has 0 fully saturated rings. The van der Waals surface area contributed by atoms with Gasteiger partial charge in [0.1, 0.15) is 12.4 Å². The second-order valence-corrected chi connectivity index (χ2v) is 2.86. The number of hydrogen-bond donors (Lipinski definition) is 0. The van der Waals surface area contributed by atoms with Crippen LogP contribution in [0.5, 0.6) is 0 Å². The third-order valence-electron chi connectivity index (χ3n) is 1.41. The molecule has 0 N–H and O–H groups in total. The molecular weight excluding hydrogens is 168 g/mol. The third kappa shape index (κ3) is 3.22. The summed E-state index contributed by atoms with van der Waals surface area (Å²) in [6.07, 6.45) is 1.75. The van der Waals surface area contributed by atoms with Crippen molar-refractivity contribution in [3.8, 4) is 6.07 Å². The van der Waals surface area contributed by atoms with Gasteiger partial charge in [-0.2, -0.15) is 5.26 Å². The summed E-state index contributed by atoms with van der Waals surface area (Å²) in [5.74, 6) is 0.199. The molecule has 1 rings (SSSR count). The molecule has 0 radical (unpaired) electrons. The minimum absolute atomic E-state index is 0.199. The van der Waals surface area contributed by atoms with Gasteiger partial charge in [0.15, 0.2) is 0 Å². The first-order valence-corrected chi connectivity index (χ1v) is 4.13. The van der Waals surface area contributed by atoms with E-state index in [-0.39, 0.29) is 11.9 Å². The average Bonchev–Trinajstić information content (AvgIpc) is 2.52. The molecule has 0 unspecified atom stereocenters. The van der Waals surface area contributed by atoms with Crippen molar-refractivity contribution in [1.82, 2.24) is 14.8 Å². The van der Waals surface area contributed by atoms with Crippen LogP contribution >= 0.6 is 0 Å². The number of nitriles is 1. The molecule has 5 nitrogen and oxygen atoms in total. The number of aromatic nitrogens is 3. The highest BCUT2D eigenvalue weighted by Crippen LogP contribution is 1.91. The van der Waals surface area contributed by atoms with Crippen LogP contribution in [-0.2, 0) is 11.3 Å². The normalized spacial score (nSPS) is 10.3. The SMILES string of the molecule is CC(C)OCCn1cnc(C#N)n1. The first-order chi connectivity index (χ1) is 6.22. The summed E-state index contributed by atoms with van der Waals surface area (Å²) in [5.41, 5.74) is 0. The van der Waals surface area contributed by atoms with Crippen LogP contribution in [0.4, 0.5) is 0 Å². The molecule has 5 heteroatoms. The number of rotatable bonds is 4. The average molecular weight is 180 g/mol. The molecule has 0 saturated heterocycles. The maximum Gasteiger partial charge on any atom is 0.252 e. The Morgan fingerprint density at radius 1 is 1.69 bits per heavy atom. The predicted molar refractivity (Wildman–Crippen MR) is 45.8 cm³/mol. The van der Waals surface area contributed by atoms with Gasteiger partial charge in [0, 0.05) is 0 Å². The van der Waals surface area contributed by atoms with Crippen molar-refractivity contribution in [3.05, 3.63) is 12.2 Å². The van der Waals surface area contributed by atoms with Crippen LogP contribution in [0, 0.1) is 11.3 Å². The summed E-state index contributed by atoms with van der Waals surface area (Å²) in [6.45, 7) is 5.17. The third-order valence-corrected chi connectivity index (χ3v) is 1.41. The highest BCUT2D eigenvalue weighted by atomic mass is 16.5. The molecule has 1 heterocycles. The highest BCUT2D eigenvalue weighted by molar-refractivity contribution is 5.05. The summed E-state index contributed by atoms with van der Waals surface area (Å²) < 4.78 is 6.92. The fraction of sp³-hybridized carbons (Fsp3) is 0.625. The molecule has 0 aliphatic heterocycles. The van der Waals surface area contributed by atoms with Gasteiger partial charge in [0.05, 0.1) is 19.3 Å². The predicted octanol–water partition coefficient (Wildman–Crippen LogP) is 0.575. The molecule has 0 aliphatic rings. The molecule has 13 heavy (non-hydrogen) atoms. The second kappa shape index (κ2) is 4.58. The van der Waals surface area contributed by atoms with Gasteiger partial charge in [-0.05, 0) is 13.8 Å². The van der Waals surface area contributed by atoms with E-state index >= 15 is 0 Å². The maximum atomic E-state index is 8.44. The maximum absolute atomic E-state index is 8.44. The van der Waals surface area contributed by atoms with Crippen molar-refractivity contribution < 1.29 is 4.74 Å². The van der Waals surface area contributed by atoms with Crippen LogP contribution in [0.15, 0.2) is 6.33 Å². The van der Waals surface area contributed by atoms with Gasteiger partial charge in [-0.1, -0.05) is 0 Å². The zero-order chi connectivity index (χ0) is 9.68. The smallest absolute Gasteiger partial charge is 0.252 e. The van der Waals surface area contributed by atoms with Crippen LogP contribution in [0.25, 0.3) is 0 Å². The Morgan fingerprint density at radius 3 is 3.00 bits per heavy atom. The lowest BCUT2D eigenvalue weighted by Crippen LogP contribution is -2.10. The molecular formula is C8H12N4O. The standard InChI is InChI=1S/C8H12N4O/c1-7(2)13-4-3-12-6-10-8(5-9)11-12/h6-7H,3-4H2,1-2H3. The van der Waals surface area contributed by atoms with Crippen molar-refractivity contribution in [2.75, 3.05) is 6.61 Å². The minimum atomic E-state index is 0.199. The fourth-order valence-electron chi connectivity index (χ4n) is 0.836. The lowest BCUT2D eigenvalue weighted by Gasteiger charge is -2.06. The Kier molecular flexibility index (Phi) is 3.41. The summed E-state index contributed by atoms with van der Waals surface area (Å²) in [6, 6.07) is 1.86. The van der Waals surface area contributed by atoms with Gasteiger partial charge in [-0.15, -0.1) is 5.10 Å². The second-order valence-electron chi connectivity index (χ2n) is 2.86. The van der Waals surface area contributed by atoms with E-state index in [9.17, 15) is 0 Å². The molecule has 1 aromatic heterocycles. The van der Waals surface area contributed by atoms with Crippen LogP contribution in [-0.4, -0.2) is 27.5 Å². The van der Waals surface area contributed by atoms with E-state index < -0.39 is 0 Å². The van der Waals surface area contributed by atoms with Crippen LogP contribution in [0.3, 0.4) is 0 Å². The minimum Gasteiger partial charge on any atom is -0.377 e. The zero-order valence-electron chi connectivity index (χ0n) is 7.77. The Balaban J connectivity index is 2.34. The van der Waals surface area contributed by atoms with Gasteiger partial charge in [0.25, 0.3) is 5.82 Å². The Bertz CT molecular complexity index is 299. The van der Waals surface area contributed by atoms with E-state index in [1.54, 1.807) is 4.68 Å². The Morgan fingerprint density at radius 2 is 2.46 bits per heavy atom. The summed E-state index contributed by atoms with van der Waals surface area (Å²) in [5, 5.41) is 12.3. The molecule has 0 aromatic carbocycles. The van der Waals surface area contributed by atoms with Crippen molar-refractivity contribution in [3.63, 3.8) is 0 Å². The summed E-state index contributed by atoms with van der Waals surface area (Å²) >= 11 is 0. The number of nitrogens with zero attached hydrogens (tertiary/aromatic N) is 4. The van der Waals surface area contributed by atoms with E-state index in [1.807, 2.05) is 19.9 Å². The topological polar surface area (TPSA) is 63.7 Å². The van der Waals surface area contributed by atoms with Crippen LogP contribution in [0.2, 0.25) is 0 Å². The monoisotopic (exact) mass is 180 g/mol. The molecule has 0 aliphatic carbocycles. The van der Waals surface area contributed by atoms with Crippen molar-refractivity contribution >= 4 is 0 Å². The Labute approximate surface area is 77.0 Å². The first kappa shape index (κ1) is 9.68. The van der Waals surface area contributed by atoms with Crippen molar-refractivity contribution in [2.24, 2.45) is 0 Å². The van der Waals surface area contributed by atoms with Gasteiger partial charge in [-0.3, -0.25) is 0 Å². The molecule has 70 valence electrons. The molecule has 0 amide bonds. The molecule has 1 aromatic rings. The summed E-state index contributed by atoms with van der Waals surface area (Å²) in [7, 11) is 0. The lowest BCUT2D eigenvalue weighted by atomic mass is 10.5. The molecule has 0 saturated carbocycles. The highest BCUT2D eigenvalue weighted by Gasteiger charge is 1.98. The number of ether oxygens (including phenoxy) is 1. The largest absolute Gasteiger partial charge is 0.377 e. The van der Waals surface area contributed by atoms with Gasteiger partial charge >= 0.3 is 0 Å². The van der Waals surface area contributed by atoms with E-state index in [0.717, 1.165) is 0 Å². The van der Waals surface area contributed by atoms with E-state index in [0.29, 0.717) is 13.2 Å². The number of hydrogen-bond acceptors (Lipinski definition) is 4. The quantitative estimate of drug-likeness (QED) is 0.679. The molecule has 0 spiro atoms. The van der Waals surface area contributed by atoms with Crippen LogP contribution < -0.4 is 0 Å². The molecule has 0 bridgehead atoms. The van der Waals surface area contributed by atoms with Gasteiger partial charge in [0.2, 0.25) is 0 Å². The van der Waals surface area contributed by atoms with E-state index in [2.05, 4.69) is 10.1 Å². The van der Waals surface area contributed by atoms with Gasteiger partial charge < -0.3 is 4.74 Å². The molecule has 0 atom stereocenters. The van der Waals surface area contributed by atoms with Crippen molar-refractivity contribution in [2.45, 2.75) is 26.5 Å². The van der Waals surface area contributed by atoms with Crippen LogP contribution in [0.1, 0.15) is 19.7 Å². The zero-order valence-corrected chi connectivity index (χ0v) is 7.77. The Hall–Kier alpha value is -1.41. The van der Waals surface area contributed by atoms with Gasteiger partial charge in [-0.25, -0.2) is 9.67 Å². The van der Waals surface area contributed by atoms with E-state index in [4.69, 9.17) is 10.00 Å². The fourth-order valence-corrected chi connectivity index (χ4v) is 0.836. The lowest BCUT2D eigenvalue weighted by molar-refractivity contribution is 0.0709.